The number of thiophene rings is 1. The molecular formula is C30H21N3O5S. The number of carbonyl (C=O) groups is 3. The number of carbonyl (C=O) groups excluding carboxylic acids is 3. The molecule has 2 fully saturated rings. The number of fused-ring (bicyclic) bond motifs is 3. The van der Waals surface area contributed by atoms with Gasteiger partial charge in [0.2, 0.25) is 5.88 Å². The molecule has 1 spiro atoms. The van der Waals surface area contributed by atoms with Crippen LogP contribution >= 0.6 is 11.3 Å². The lowest BCUT2D eigenvalue weighted by atomic mass is 9.88. The van der Waals surface area contributed by atoms with E-state index in [1.807, 2.05) is 43.3 Å². The molecule has 8 rings (SSSR count). The van der Waals surface area contributed by atoms with Crippen molar-refractivity contribution in [1.29, 1.82) is 0 Å². The van der Waals surface area contributed by atoms with Crippen LogP contribution in [0.1, 0.15) is 37.1 Å². The summed E-state index contributed by atoms with van der Waals surface area (Å²) in [7, 11) is 0. The van der Waals surface area contributed by atoms with Crippen molar-refractivity contribution in [2.24, 2.45) is 5.92 Å². The van der Waals surface area contributed by atoms with Crippen LogP contribution in [0.5, 0.6) is 5.88 Å². The van der Waals surface area contributed by atoms with E-state index in [0.717, 1.165) is 43.7 Å². The van der Waals surface area contributed by atoms with Gasteiger partial charge in [0.05, 0.1) is 5.41 Å². The van der Waals surface area contributed by atoms with E-state index < -0.39 is 6.09 Å². The largest absolute Gasteiger partial charge is 0.451 e. The van der Waals surface area contributed by atoms with Gasteiger partial charge in [-0.1, -0.05) is 18.2 Å². The first-order valence-electron chi connectivity index (χ1n) is 12.7. The number of nitrogens with one attached hydrogen (secondary N) is 2. The average molecular weight is 536 g/mol. The molecule has 3 aromatic heterocycles. The normalized spacial score (nSPS) is 20.9. The second-order valence-corrected chi connectivity index (χ2v) is 11.6. The number of ether oxygens (including phenoxy) is 1. The van der Waals surface area contributed by atoms with Gasteiger partial charge in [0, 0.05) is 61.7 Å². The number of anilines is 1. The third-order valence-corrected chi connectivity index (χ3v) is 9.20. The van der Waals surface area contributed by atoms with E-state index in [-0.39, 0.29) is 22.9 Å². The molecule has 192 valence electrons. The maximum Gasteiger partial charge on any atom is 0.420 e. The first-order valence-corrected chi connectivity index (χ1v) is 13.5. The molecule has 0 bridgehead atoms. The summed E-state index contributed by atoms with van der Waals surface area (Å²) in [6.07, 6.45) is 2.06. The van der Waals surface area contributed by atoms with Crippen molar-refractivity contribution >= 4 is 56.7 Å². The molecule has 9 heteroatoms. The van der Waals surface area contributed by atoms with Gasteiger partial charge in [0.1, 0.15) is 5.58 Å². The van der Waals surface area contributed by atoms with Gasteiger partial charge in [-0.15, -0.1) is 11.3 Å². The number of benzene rings is 2. The number of piperidine rings is 1. The molecule has 5 aromatic rings. The van der Waals surface area contributed by atoms with Crippen LogP contribution in [0.15, 0.2) is 76.9 Å². The highest BCUT2D eigenvalue weighted by molar-refractivity contribution is 7.12. The molecule has 3 aliphatic rings. The molecule has 2 aromatic carbocycles. The zero-order chi connectivity index (χ0) is 26.5. The standard InChI is InChI=1S/C30H21N3O5S/c1-15-8-20-22(34)12-25-30(27(20)39-15)13-18(30)14-33(25)29(36)38-26-11-17-9-19(6-7-21(17)32-26)31-28(35)24-10-16-4-2-3-5-23(16)37-24/h2-12,18,32H,13-14H2,1H3,(H,31,35). The number of hydrogen-bond donors (Lipinski definition) is 2. The van der Waals surface area contributed by atoms with E-state index in [1.54, 1.807) is 46.6 Å². The zero-order valence-corrected chi connectivity index (χ0v) is 21.6. The SMILES string of the molecule is Cc1cc2c(s1)C13CC1CN(C(=O)Oc1cc4cc(NC(=O)c5cc6ccccc6o5)ccc4[nH]1)C3=CC2=O. The first-order chi connectivity index (χ1) is 18.9. The summed E-state index contributed by atoms with van der Waals surface area (Å²) >= 11 is 1.65. The summed E-state index contributed by atoms with van der Waals surface area (Å²) in [6.45, 7) is 2.54. The molecule has 1 saturated carbocycles. The van der Waals surface area contributed by atoms with Crippen molar-refractivity contribution in [1.82, 2.24) is 9.88 Å². The fourth-order valence-corrected chi connectivity index (χ4v) is 7.41. The number of allylic oxidation sites excluding steroid dienone is 2. The molecule has 4 heterocycles. The van der Waals surface area contributed by atoms with Gasteiger partial charge in [-0.05, 0) is 55.7 Å². The number of aryl methyl sites for hydroxylation is 1. The second kappa shape index (κ2) is 7.70. The molecule has 1 aliphatic heterocycles. The van der Waals surface area contributed by atoms with Gasteiger partial charge in [0.15, 0.2) is 11.5 Å². The van der Waals surface area contributed by atoms with Gasteiger partial charge in [0.25, 0.3) is 5.91 Å². The first kappa shape index (κ1) is 22.4. The molecule has 0 radical (unpaired) electrons. The Morgan fingerprint density at radius 3 is 2.87 bits per heavy atom. The quantitative estimate of drug-likeness (QED) is 0.279. The summed E-state index contributed by atoms with van der Waals surface area (Å²) in [5.74, 6) is 0.418. The highest BCUT2D eigenvalue weighted by atomic mass is 32.1. The number of ketones is 1. The van der Waals surface area contributed by atoms with Crippen LogP contribution in [-0.4, -0.2) is 34.2 Å². The third-order valence-electron chi connectivity index (χ3n) is 7.97. The molecular weight excluding hydrogens is 514 g/mol. The van der Waals surface area contributed by atoms with Crippen molar-refractivity contribution in [3.8, 4) is 5.88 Å². The Balaban J connectivity index is 1.01. The van der Waals surface area contributed by atoms with Crippen molar-refractivity contribution in [2.75, 3.05) is 11.9 Å². The molecule has 2 unspecified atom stereocenters. The number of aromatic amines is 1. The number of para-hydroxylation sites is 1. The van der Waals surface area contributed by atoms with Crippen LogP contribution in [0.25, 0.3) is 21.9 Å². The van der Waals surface area contributed by atoms with Crippen LogP contribution in [0.4, 0.5) is 10.5 Å². The second-order valence-electron chi connectivity index (χ2n) is 10.4. The van der Waals surface area contributed by atoms with Gasteiger partial charge in [-0.3, -0.25) is 14.5 Å². The minimum absolute atomic E-state index is 0.0526. The van der Waals surface area contributed by atoms with E-state index in [0.29, 0.717) is 29.6 Å². The minimum Gasteiger partial charge on any atom is -0.451 e. The fourth-order valence-electron chi connectivity index (χ4n) is 6.10. The van der Waals surface area contributed by atoms with E-state index in [9.17, 15) is 14.4 Å². The topological polar surface area (TPSA) is 105 Å². The molecule has 2 N–H and O–H groups in total. The lowest BCUT2D eigenvalue weighted by molar-refractivity contribution is 0.0997. The molecule has 39 heavy (non-hydrogen) atoms. The molecule has 2 aliphatic carbocycles. The Bertz CT molecular complexity index is 1890. The number of amides is 2. The van der Waals surface area contributed by atoms with Crippen LogP contribution < -0.4 is 10.1 Å². The maximum absolute atomic E-state index is 13.2. The van der Waals surface area contributed by atoms with E-state index >= 15 is 0 Å². The summed E-state index contributed by atoms with van der Waals surface area (Å²) in [6, 6.07) is 18.2. The Morgan fingerprint density at radius 2 is 2.00 bits per heavy atom. The Morgan fingerprint density at radius 1 is 1.13 bits per heavy atom. The highest BCUT2D eigenvalue weighted by Crippen LogP contribution is 2.68. The number of H-pyrrole nitrogens is 1. The summed E-state index contributed by atoms with van der Waals surface area (Å²) in [5.41, 5.74) is 3.29. The Kier molecular flexibility index (Phi) is 4.42. The number of hydrogen-bond acceptors (Lipinski definition) is 6. The van der Waals surface area contributed by atoms with Crippen molar-refractivity contribution in [3.05, 3.63) is 93.5 Å². The maximum atomic E-state index is 13.2. The highest BCUT2D eigenvalue weighted by Gasteiger charge is 2.68. The average Bonchev–Trinajstić information content (AvgIpc) is 3.35. The van der Waals surface area contributed by atoms with Crippen LogP contribution in [0.2, 0.25) is 0 Å². The predicted octanol–water partition coefficient (Wildman–Crippen LogP) is 6.39. The van der Waals surface area contributed by atoms with E-state index in [1.165, 1.54) is 0 Å². The number of nitrogens with zero attached hydrogens (tertiary/aromatic N) is 1. The lowest BCUT2D eigenvalue weighted by Crippen LogP contribution is -2.35. The van der Waals surface area contributed by atoms with Crippen LogP contribution in [0.3, 0.4) is 0 Å². The van der Waals surface area contributed by atoms with Crippen LogP contribution in [0, 0.1) is 12.8 Å². The van der Waals surface area contributed by atoms with Gasteiger partial charge >= 0.3 is 6.09 Å². The summed E-state index contributed by atoms with van der Waals surface area (Å²) in [4.78, 5) is 45.7. The van der Waals surface area contributed by atoms with Crippen molar-refractivity contribution in [3.63, 3.8) is 0 Å². The zero-order valence-electron chi connectivity index (χ0n) is 20.7. The third kappa shape index (κ3) is 3.26. The minimum atomic E-state index is -0.512. The number of furan rings is 1. The monoisotopic (exact) mass is 535 g/mol. The van der Waals surface area contributed by atoms with E-state index in [2.05, 4.69) is 10.3 Å². The fraction of sp³-hybridized carbons (Fsp3) is 0.167. The lowest BCUT2D eigenvalue weighted by Gasteiger charge is -2.26. The Labute approximate surface area is 225 Å². The smallest absolute Gasteiger partial charge is 0.420 e. The van der Waals surface area contributed by atoms with E-state index in [4.69, 9.17) is 9.15 Å². The van der Waals surface area contributed by atoms with Crippen molar-refractivity contribution < 1.29 is 23.5 Å². The number of rotatable bonds is 3. The van der Waals surface area contributed by atoms with Crippen LogP contribution in [-0.2, 0) is 5.41 Å². The van der Waals surface area contributed by atoms with Gasteiger partial charge in [-0.2, -0.15) is 0 Å². The Hall–Kier alpha value is -4.63. The summed E-state index contributed by atoms with van der Waals surface area (Å²) in [5, 5.41) is 4.49. The molecule has 1 saturated heterocycles. The molecule has 2 atom stereocenters. The van der Waals surface area contributed by atoms with Gasteiger partial charge in [-0.25, -0.2) is 4.79 Å². The number of likely N-dealkylation sites (tertiary alicyclic amines) is 1. The van der Waals surface area contributed by atoms with Gasteiger partial charge < -0.3 is 19.5 Å². The number of aromatic nitrogens is 1. The summed E-state index contributed by atoms with van der Waals surface area (Å²) < 4.78 is 11.4. The molecule has 2 amide bonds. The predicted molar refractivity (Wildman–Crippen MR) is 146 cm³/mol. The van der Waals surface area contributed by atoms with Crippen molar-refractivity contribution in [2.45, 2.75) is 18.8 Å². The molecule has 8 nitrogen and oxygen atoms in total.